The zero-order valence-corrected chi connectivity index (χ0v) is 13.9. The van der Waals surface area contributed by atoms with Crippen LogP contribution in [0.2, 0.25) is 5.02 Å². The van der Waals surface area contributed by atoms with Crippen LogP contribution >= 0.6 is 23.4 Å². The summed E-state index contributed by atoms with van der Waals surface area (Å²) in [6, 6.07) is 16.3. The van der Waals surface area contributed by atoms with Gasteiger partial charge in [0.25, 0.3) is 0 Å². The monoisotopic (exact) mass is 321 g/mol. The van der Waals surface area contributed by atoms with Crippen LogP contribution in [0.5, 0.6) is 5.75 Å². The van der Waals surface area contributed by atoms with Gasteiger partial charge in [-0.25, -0.2) is 0 Å². The highest BCUT2D eigenvalue weighted by atomic mass is 35.5. The molecule has 2 rings (SSSR count). The molecule has 2 aromatic rings. The number of methoxy groups -OCH3 is 1. The zero-order chi connectivity index (χ0) is 15.1. The van der Waals surface area contributed by atoms with Crippen LogP contribution in [0, 0.1) is 0 Å². The Bertz CT molecular complexity index is 576. The van der Waals surface area contributed by atoms with E-state index < -0.39 is 0 Å². The average Bonchev–Trinajstić information content (AvgIpc) is 2.53. The quantitative estimate of drug-likeness (QED) is 0.741. The predicted molar refractivity (Wildman–Crippen MR) is 91.6 cm³/mol. The van der Waals surface area contributed by atoms with Gasteiger partial charge in [0.2, 0.25) is 0 Å². The normalized spacial score (nSPS) is 12.1. The zero-order valence-electron chi connectivity index (χ0n) is 12.3. The molecule has 0 aliphatic heterocycles. The van der Waals surface area contributed by atoms with Gasteiger partial charge in [0, 0.05) is 22.3 Å². The first-order valence-corrected chi connectivity index (χ1v) is 8.36. The molecule has 21 heavy (non-hydrogen) atoms. The minimum Gasteiger partial charge on any atom is -0.496 e. The highest BCUT2D eigenvalue weighted by Crippen LogP contribution is 2.32. The molecule has 0 heterocycles. The molecule has 0 aliphatic rings. The second kappa shape index (κ2) is 8.32. The molecule has 0 aromatic heterocycles. The van der Waals surface area contributed by atoms with Crippen LogP contribution in [0.3, 0.4) is 0 Å². The molecule has 1 unspecified atom stereocenters. The van der Waals surface area contributed by atoms with E-state index in [2.05, 4.69) is 24.4 Å². The molecule has 1 atom stereocenters. The Morgan fingerprint density at radius 2 is 1.86 bits per heavy atom. The van der Waals surface area contributed by atoms with Crippen molar-refractivity contribution < 1.29 is 4.74 Å². The van der Waals surface area contributed by atoms with E-state index in [0.717, 1.165) is 28.0 Å². The molecule has 0 amide bonds. The van der Waals surface area contributed by atoms with Gasteiger partial charge in [0.15, 0.2) is 0 Å². The molecule has 0 saturated heterocycles. The molecule has 0 radical (unpaired) electrons. The molecule has 0 spiro atoms. The number of halogens is 1. The van der Waals surface area contributed by atoms with E-state index in [4.69, 9.17) is 16.3 Å². The molecular formula is C17H20ClNOS. The first kappa shape index (κ1) is 16.2. The summed E-state index contributed by atoms with van der Waals surface area (Å²) in [5.74, 6) is 1.82. The summed E-state index contributed by atoms with van der Waals surface area (Å²) < 4.78 is 5.47. The van der Waals surface area contributed by atoms with Gasteiger partial charge in [-0.2, -0.15) is 0 Å². The van der Waals surface area contributed by atoms with Gasteiger partial charge >= 0.3 is 0 Å². The average molecular weight is 322 g/mol. The summed E-state index contributed by atoms with van der Waals surface area (Å²) in [4.78, 5) is 1.11. The van der Waals surface area contributed by atoms with Gasteiger partial charge in [-0.3, -0.25) is 0 Å². The van der Waals surface area contributed by atoms with Gasteiger partial charge < -0.3 is 10.1 Å². The molecule has 0 saturated carbocycles. The highest BCUT2D eigenvalue weighted by molar-refractivity contribution is 7.99. The van der Waals surface area contributed by atoms with E-state index >= 15 is 0 Å². The summed E-state index contributed by atoms with van der Waals surface area (Å²) >= 11 is 7.98. The minimum atomic E-state index is 0.229. The number of para-hydroxylation sites is 1. The van der Waals surface area contributed by atoms with Crippen LogP contribution in [0.4, 0.5) is 0 Å². The van der Waals surface area contributed by atoms with Crippen molar-refractivity contribution in [1.82, 2.24) is 5.32 Å². The summed E-state index contributed by atoms with van der Waals surface area (Å²) in [5.41, 5.74) is 1.18. The first-order valence-electron chi connectivity index (χ1n) is 7.00. The third kappa shape index (κ3) is 4.40. The Balaban J connectivity index is 2.14. The van der Waals surface area contributed by atoms with Crippen LogP contribution in [-0.4, -0.2) is 19.4 Å². The van der Waals surface area contributed by atoms with Crippen molar-refractivity contribution in [3.8, 4) is 5.75 Å². The van der Waals surface area contributed by atoms with Crippen molar-refractivity contribution in [3.63, 3.8) is 0 Å². The Morgan fingerprint density at radius 1 is 1.14 bits per heavy atom. The van der Waals surface area contributed by atoms with Crippen LogP contribution in [0.1, 0.15) is 18.5 Å². The lowest BCUT2D eigenvalue weighted by atomic mass is 10.1. The van der Waals surface area contributed by atoms with Crippen LogP contribution < -0.4 is 10.1 Å². The molecule has 2 aromatic carbocycles. The molecule has 4 heteroatoms. The fraction of sp³-hybridized carbons (Fsp3) is 0.294. The van der Waals surface area contributed by atoms with Crippen LogP contribution in [-0.2, 0) is 0 Å². The van der Waals surface area contributed by atoms with Crippen molar-refractivity contribution in [3.05, 3.63) is 59.1 Å². The fourth-order valence-corrected chi connectivity index (χ4v) is 3.52. The largest absolute Gasteiger partial charge is 0.496 e. The van der Waals surface area contributed by atoms with E-state index in [0.29, 0.717) is 0 Å². The third-order valence-electron chi connectivity index (χ3n) is 3.21. The predicted octanol–water partition coefficient (Wildman–Crippen LogP) is 4.79. The SMILES string of the molecule is CCNC(CSc1ccccc1Cl)c1ccccc1OC. The summed E-state index contributed by atoms with van der Waals surface area (Å²) in [7, 11) is 1.71. The molecule has 0 fully saturated rings. The molecule has 112 valence electrons. The maximum atomic E-state index is 6.22. The van der Waals surface area contributed by atoms with Gasteiger partial charge in [0.05, 0.1) is 12.1 Å². The number of hydrogen-bond donors (Lipinski definition) is 1. The summed E-state index contributed by atoms with van der Waals surface area (Å²) in [6.45, 7) is 3.02. The molecule has 2 nitrogen and oxygen atoms in total. The van der Waals surface area contributed by atoms with Gasteiger partial charge in [-0.15, -0.1) is 11.8 Å². The summed E-state index contributed by atoms with van der Waals surface area (Å²) in [6.07, 6.45) is 0. The van der Waals surface area contributed by atoms with E-state index in [9.17, 15) is 0 Å². The number of nitrogens with one attached hydrogen (secondary N) is 1. The maximum Gasteiger partial charge on any atom is 0.123 e. The first-order chi connectivity index (χ1) is 10.3. The minimum absolute atomic E-state index is 0.229. The molecule has 0 aliphatic carbocycles. The maximum absolute atomic E-state index is 6.22. The highest BCUT2D eigenvalue weighted by Gasteiger charge is 2.15. The van der Waals surface area contributed by atoms with Crippen molar-refractivity contribution in [1.29, 1.82) is 0 Å². The number of benzene rings is 2. The third-order valence-corrected chi connectivity index (χ3v) is 4.82. The number of ether oxygens (including phenoxy) is 1. The van der Waals surface area contributed by atoms with E-state index in [1.165, 1.54) is 5.56 Å². The summed E-state index contributed by atoms with van der Waals surface area (Å²) in [5, 5.41) is 4.32. The van der Waals surface area contributed by atoms with E-state index in [1.807, 2.05) is 36.4 Å². The van der Waals surface area contributed by atoms with Gasteiger partial charge in [0.1, 0.15) is 5.75 Å². The topological polar surface area (TPSA) is 21.3 Å². The van der Waals surface area contributed by atoms with E-state index in [1.54, 1.807) is 18.9 Å². The van der Waals surface area contributed by atoms with Crippen LogP contribution in [0.25, 0.3) is 0 Å². The van der Waals surface area contributed by atoms with Crippen LogP contribution in [0.15, 0.2) is 53.4 Å². The second-order valence-electron chi connectivity index (χ2n) is 4.59. The van der Waals surface area contributed by atoms with Crippen molar-refractivity contribution >= 4 is 23.4 Å². The molecular weight excluding hydrogens is 302 g/mol. The Morgan fingerprint density at radius 3 is 2.57 bits per heavy atom. The van der Waals surface area contributed by atoms with Gasteiger partial charge in [-0.05, 0) is 24.7 Å². The Labute approximate surface area is 135 Å². The van der Waals surface area contributed by atoms with Crippen molar-refractivity contribution in [2.24, 2.45) is 0 Å². The number of thioether (sulfide) groups is 1. The van der Waals surface area contributed by atoms with Crippen molar-refractivity contribution in [2.75, 3.05) is 19.4 Å². The second-order valence-corrected chi connectivity index (χ2v) is 6.06. The molecule has 1 N–H and O–H groups in total. The lowest BCUT2D eigenvalue weighted by Crippen LogP contribution is -2.23. The van der Waals surface area contributed by atoms with Crippen molar-refractivity contribution in [2.45, 2.75) is 17.9 Å². The number of hydrogen-bond acceptors (Lipinski definition) is 3. The fourth-order valence-electron chi connectivity index (χ4n) is 2.19. The Hall–Kier alpha value is -1.16. The van der Waals surface area contributed by atoms with Gasteiger partial charge in [-0.1, -0.05) is 48.9 Å². The van der Waals surface area contributed by atoms with E-state index in [-0.39, 0.29) is 6.04 Å². The standard InChI is InChI=1S/C17H20ClNOS/c1-3-19-15(13-8-4-6-10-16(13)20-2)12-21-17-11-7-5-9-14(17)18/h4-11,15,19H,3,12H2,1-2H3. The smallest absolute Gasteiger partial charge is 0.123 e. The number of rotatable bonds is 7. The lowest BCUT2D eigenvalue weighted by Gasteiger charge is -2.20. The lowest BCUT2D eigenvalue weighted by molar-refractivity contribution is 0.403. The Kier molecular flexibility index (Phi) is 6.43. The molecule has 0 bridgehead atoms.